The van der Waals surface area contributed by atoms with Crippen LogP contribution < -0.4 is 0 Å². The molecule has 0 aliphatic heterocycles. The summed E-state index contributed by atoms with van der Waals surface area (Å²) in [5, 5.41) is 0. The molecular weight excluding hydrogens is 643 g/mol. The van der Waals surface area contributed by atoms with Crippen molar-refractivity contribution in [2.75, 3.05) is 6.61 Å². The maximum absolute atomic E-state index is 10.8. The number of hydrogen-bond acceptors (Lipinski definition) is 1. The van der Waals surface area contributed by atoms with Crippen LogP contribution >= 0.6 is 0 Å². The molecule has 2 fully saturated rings. The van der Waals surface area contributed by atoms with Crippen LogP contribution in [0.25, 0.3) is 0 Å². The number of alkyl halides is 2. The van der Waals surface area contributed by atoms with E-state index >= 15 is 0 Å². The summed E-state index contributed by atoms with van der Waals surface area (Å²) in [6.45, 7) is 43.0. The maximum Gasteiger partial charge on any atom is 0.345 e. The van der Waals surface area contributed by atoms with Crippen LogP contribution in [0.15, 0.2) is 30.3 Å². The van der Waals surface area contributed by atoms with E-state index in [9.17, 15) is 8.78 Å². The molecule has 3 rings (SSSR count). The highest BCUT2D eigenvalue weighted by Crippen LogP contribution is 2.31. The number of benzene rings is 1. The zero-order chi connectivity index (χ0) is 42.4. The molecule has 0 atom stereocenters. The third kappa shape index (κ3) is 110. The lowest BCUT2D eigenvalue weighted by Gasteiger charge is -2.22. The molecule has 0 aromatic heterocycles. The van der Waals surface area contributed by atoms with Gasteiger partial charge in [0.1, 0.15) is 0 Å². The number of unbranched alkanes of at least 4 members (excludes halogenated alkanes) is 2. The third-order valence-electron chi connectivity index (χ3n) is 7.50. The third-order valence-corrected chi connectivity index (χ3v) is 7.50. The molecular formula is C49H104F2O. The van der Waals surface area contributed by atoms with Crippen LogP contribution in [-0.4, -0.2) is 13.2 Å². The summed E-state index contributed by atoms with van der Waals surface area (Å²) in [7, 11) is 0. The lowest BCUT2D eigenvalue weighted by atomic mass is 9.84. The molecule has 1 aromatic rings. The fourth-order valence-corrected chi connectivity index (χ4v) is 2.27. The first-order valence-electron chi connectivity index (χ1n) is 22.1. The van der Waals surface area contributed by atoms with Crippen molar-refractivity contribution in [1.29, 1.82) is 0 Å². The molecule has 0 amide bonds. The Morgan fingerprint density at radius 2 is 0.904 bits per heavy atom. The molecule has 0 N–H and O–H groups in total. The van der Waals surface area contributed by atoms with Gasteiger partial charge in [0.05, 0.1) is 0 Å². The molecule has 0 heterocycles. The smallest absolute Gasteiger partial charge is 0.323 e. The first kappa shape index (κ1) is 65.9. The van der Waals surface area contributed by atoms with E-state index in [0.717, 1.165) is 36.0 Å². The van der Waals surface area contributed by atoms with Gasteiger partial charge < -0.3 is 4.74 Å². The van der Waals surface area contributed by atoms with Crippen LogP contribution in [0.4, 0.5) is 8.78 Å². The number of hydrogen-bond donors (Lipinski definition) is 0. The van der Waals surface area contributed by atoms with Gasteiger partial charge >= 0.3 is 6.61 Å². The minimum atomic E-state index is -2.60. The van der Waals surface area contributed by atoms with Gasteiger partial charge in [0.25, 0.3) is 0 Å². The number of ether oxygens (including phenoxy) is 1. The lowest BCUT2D eigenvalue weighted by molar-refractivity contribution is -0.124. The molecule has 0 spiro atoms. The van der Waals surface area contributed by atoms with E-state index in [4.69, 9.17) is 0 Å². The first-order valence-corrected chi connectivity index (χ1v) is 22.1. The van der Waals surface area contributed by atoms with E-state index in [-0.39, 0.29) is 6.61 Å². The monoisotopic (exact) mass is 747 g/mol. The maximum atomic E-state index is 10.8. The van der Waals surface area contributed by atoms with Crippen LogP contribution in [-0.2, 0) is 11.2 Å². The molecule has 2 aliphatic rings. The van der Waals surface area contributed by atoms with Gasteiger partial charge in [-0.15, -0.1) is 0 Å². The molecule has 3 heteroatoms. The van der Waals surface area contributed by atoms with Crippen molar-refractivity contribution in [3.8, 4) is 0 Å². The van der Waals surface area contributed by atoms with Gasteiger partial charge in [-0.1, -0.05) is 252 Å². The van der Waals surface area contributed by atoms with Crippen molar-refractivity contribution in [3.63, 3.8) is 0 Å². The predicted molar refractivity (Wildman–Crippen MR) is 241 cm³/mol. The van der Waals surface area contributed by atoms with Crippen molar-refractivity contribution in [1.82, 2.24) is 0 Å². The van der Waals surface area contributed by atoms with E-state index in [1.807, 2.05) is 6.07 Å². The van der Waals surface area contributed by atoms with Crippen LogP contribution in [0.5, 0.6) is 0 Å². The highest BCUT2D eigenvalue weighted by Gasteiger charge is 2.17. The summed E-state index contributed by atoms with van der Waals surface area (Å²) in [5.74, 6) is 4.80. The van der Waals surface area contributed by atoms with E-state index in [0.29, 0.717) is 5.41 Å². The molecule has 52 heavy (non-hydrogen) atoms. The van der Waals surface area contributed by atoms with E-state index in [2.05, 4.69) is 167 Å². The summed E-state index contributed by atoms with van der Waals surface area (Å²) >= 11 is 0. The highest BCUT2D eigenvalue weighted by molar-refractivity contribution is 5.13. The highest BCUT2D eigenvalue weighted by atomic mass is 19.3. The fraction of sp³-hybridized carbons (Fsp3) is 0.878. The fourth-order valence-electron chi connectivity index (χ4n) is 2.27. The van der Waals surface area contributed by atoms with Gasteiger partial charge in [-0.2, -0.15) is 8.78 Å². The van der Waals surface area contributed by atoms with Crippen molar-refractivity contribution in [3.05, 3.63) is 35.9 Å². The van der Waals surface area contributed by atoms with Crippen molar-refractivity contribution < 1.29 is 13.5 Å². The van der Waals surface area contributed by atoms with Gasteiger partial charge in [-0.25, -0.2) is 0 Å². The Hall–Kier alpha value is -0.960. The quantitative estimate of drug-likeness (QED) is 0.257. The average molecular weight is 747 g/mol. The van der Waals surface area contributed by atoms with Gasteiger partial charge in [0, 0.05) is 6.61 Å². The normalized spacial score (nSPS) is 12.4. The number of rotatable bonds is 8. The molecule has 1 aromatic carbocycles. The average Bonchev–Trinajstić information content (AvgIpc) is 3.90. The number of aryl methyl sites for hydroxylation is 1. The van der Waals surface area contributed by atoms with Crippen molar-refractivity contribution in [2.24, 2.45) is 35.0 Å². The predicted octanol–water partition coefficient (Wildman–Crippen LogP) is 18.9. The minimum absolute atomic E-state index is 0.0810. The molecule has 0 bridgehead atoms. The van der Waals surface area contributed by atoms with Gasteiger partial charge in [-0.3, -0.25) is 0 Å². The van der Waals surface area contributed by atoms with Crippen LogP contribution in [0.1, 0.15) is 234 Å². The molecule has 0 radical (unpaired) electrons. The Balaban J connectivity index is -0.0000000874. The van der Waals surface area contributed by atoms with Crippen LogP contribution in [0.2, 0.25) is 0 Å². The molecule has 320 valence electrons. The van der Waals surface area contributed by atoms with Crippen LogP contribution in [0, 0.1) is 35.0 Å². The Morgan fingerprint density at radius 1 is 0.596 bits per heavy atom. The summed E-state index contributed by atoms with van der Waals surface area (Å²) in [4.78, 5) is 0. The standard InChI is InChI=1S/C8H10.C6H12.C6H14.C5H10.C5H12.4C4H10.C3H6F2O/c1-2-8-6-4-3-5-7-8;1-2-6-4-3-5-6;1-5-6(2,3)4;1-2-5-3-4-5;1-4-5(2)3;2*1-4(2)3;2*1-3-4-2;1-2-6-3(4)5/h3-7H,2H2,1H3;6H,2-5H2,1H3;5H2,1-4H3;5H,2-4H2,1H3;5H,4H2,1-3H3;2*4H,1-3H3;2*3-4H2,1-2H3;3H,2H2,1H3. The summed E-state index contributed by atoms with van der Waals surface area (Å²) in [6, 6.07) is 10.5. The van der Waals surface area contributed by atoms with Gasteiger partial charge in [0.15, 0.2) is 0 Å². The Kier molecular flexibility index (Phi) is 68.9. The SMILES string of the molecule is CC(C)C.CC(C)C.CCC(C)(C)C.CCC(C)C.CCC1CC1.CCC1CCC1.CCCC.CCCC.CCOC(F)F.CCc1ccccc1. The van der Waals surface area contributed by atoms with Gasteiger partial charge in [-0.05, 0) is 53.9 Å². The lowest BCUT2D eigenvalue weighted by Crippen LogP contribution is -2.08. The second-order valence-corrected chi connectivity index (χ2v) is 16.8. The summed E-state index contributed by atoms with van der Waals surface area (Å²) < 4.78 is 25.3. The Bertz CT molecular complexity index is 631. The summed E-state index contributed by atoms with van der Waals surface area (Å²) in [5.41, 5.74) is 1.95. The van der Waals surface area contributed by atoms with Crippen molar-refractivity contribution >= 4 is 0 Å². The Morgan fingerprint density at radius 3 is 0.962 bits per heavy atom. The molecule has 0 unspecified atom stereocenters. The second-order valence-electron chi connectivity index (χ2n) is 16.8. The second kappa shape index (κ2) is 54.4. The molecule has 2 saturated carbocycles. The molecule has 0 saturated heterocycles. The zero-order valence-corrected chi connectivity index (χ0v) is 40.1. The molecule has 1 nitrogen and oxygen atoms in total. The minimum Gasteiger partial charge on any atom is -0.323 e. The summed E-state index contributed by atoms with van der Waals surface area (Å²) in [6.07, 6.45) is 19.4. The number of halogens is 2. The zero-order valence-electron chi connectivity index (χ0n) is 40.1. The van der Waals surface area contributed by atoms with Gasteiger partial charge in [0.2, 0.25) is 0 Å². The largest absolute Gasteiger partial charge is 0.345 e. The van der Waals surface area contributed by atoms with E-state index in [1.165, 1.54) is 96.0 Å². The van der Waals surface area contributed by atoms with E-state index < -0.39 is 6.61 Å². The van der Waals surface area contributed by atoms with E-state index in [1.54, 1.807) is 0 Å². The van der Waals surface area contributed by atoms with Crippen molar-refractivity contribution in [2.45, 2.75) is 242 Å². The molecule has 2 aliphatic carbocycles. The Labute approximate surface area is 332 Å². The topological polar surface area (TPSA) is 9.23 Å². The van der Waals surface area contributed by atoms with Crippen LogP contribution in [0.3, 0.4) is 0 Å². The first-order chi connectivity index (χ1) is 24.2.